The highest BCUT2D eigenvalue weighted by atomic mass is 16.5. The summed E-state index contributed by atoms with van der Waals surface area (Å²) in [5, 5.41) is 8.19. The third-order valence-corrected chi connectivity index (χ3v) is 4.14. The van der Waals surface area contributed by atoms with E-state index in [1.54, 1.807) is 0 Å². The van der Waals surface area contributed by atoms with E-state index >= 15 is 0 Å². The Hall–Kier alpha value is -0.870. The summed E-state index contributed by atoms with van der Waals surface area (Å²) in [6.45, 7) is 11.8. The van der Waals surface area contributed by atoms with Crippen LogP contribution in [0.2, 0.25) is 0 Å². The second-order valence-electron chi connectivity index (χ2n) is 6.53. The van der Waals surface area contributed by atoms with E-state index in [4.69, 9.17) is 9.84 Å². The largest absolute Gasteiger partial charge is 0.372 e. The zero-order valence-corrected chi connectivity index (χ0v) is 14.1. The highest BCUT2D eigenvalue weighted by Gasteiger charge is 2.26. The zero-order chi connectivity index (χ0) is 15.2. The SMILES string of the molecule is CCc1cc(CC)n(CC2CCC(CNCC(C)C)O2)n1. The van der Waals surface area contributed by atoms with E-state index in [1.807, 2.05) is 0 Å². The van der Waals surface area contributed by atoms with Crippen LogP contribution in [0.3, 0.4) is 0 Å². The van der Waals surface area contributed by atoms with Crippen molar-refractivity contribution in [3.8, 4) is 0 Å². The van der Waals surface area contributed by atoms with E-state index in [2.05, 4.69) is 43.8 Å². The van der Waals surface area contributed by atoms with E-state index in [0.717, 1.165) is 38.9 Å². The lowest BCUT2D eigenvalue weighted by atomic mass is 10.2. The second kappa shape index (κ2) is 7.95. The molecule has 0 spiro atoms. The van der Waals surface area contributed by atoms with Crippen molar-refractivity contribution in [1.29, 1.82) is 0 Å². The molecule has 1 aromatic heterocycles. The van der Waals surface area contributed by atoms with Gasteiger partial charge in [-0.3, -0.25) is 4.68 Å². The quantitative estimate of drug-likeness (QED) is 0.801. The van der Waals surface area contributed by atoms with Gasteiger partial charge in [-0.25, -0.2) is 0 Å². The predicted molar refractivity (Wildman–Crippen MR) is 86.6 cm³/mol. The molecule has 1 aliphatic rings. The van der Waals surface area contributed by atoms with Gasteiger partial charge in [-0.15, -0.1) is 0 Å². The van der Waals surface area contributed by atoms with E-state index in [-0.39, 0.29) is 0 Å². The number of aryl methyl sites for hydroxylation is 2. The molecular weight excluding hydrogens is 262 g/mol. The molecule has 0 saturated carbocycles. The summed E-state index contributed by atoms with van der Waals surface area (Å²) < 4.78 is 8.33. The molecule has 0 aliphatic carbocycles. The predicted octanol–water partition coefficient (Wildman–Crippen LogP) is 2.80. The fourth-order valence-electron chi connectivity index (χ4n) is 2.92. The Labute approximate surface area is 129 Å². The Morgan fingerprint density at radius 1 is 1.29 bits per heavy atom. The van der Waals surface area contributed by atoms with Gasteiger partial charge in [-0.1, -0.05) is 27.7 Å². The van der Waals surface area contributed by atoms with Crippen molar-refractivity contribution in [2.45, 2.75) is 72.1 Å². The molecule has 1 aliphatic heterocycles. The van der Waals surface area contributed by atoms with Crippen LogP contribution >= 0.6 is 0 Å². The van der Waals surface area contributed by atoms with Crippen LogP contribution in [-0.2, 0) is 24.1 Å². The smallest absolute Gasteiger partial charge is 0.0776 e. The molecule has 1 N–H and O–H groups in total. The Kier molecular flexibility index (Phi) is 6.24. The summed E-state index contributed by atoms with van der Waals surface area (Å²) >= 11 is 0. The summed E-state index contributed by atoms with van der Waals surface area (Å²) in [6, 6.07) is 2.23. The first-order chi connectivity index (χ1) is 10.1. The van der Waals surface area contributed by atoms with E-state index in [1.165, 1.54) is 17.8 Å². The first-order valence-electron chi connectivity index (χ1n) is 8.54. The first-order valence-corrected chi connectivity index (χ1v) is 8.54. The van der Waals surface area contributed by atoms with Crippen molar-refractivity contribution in [2.24, 2.45) is 5.92 Å². The van der Waals surface area contributed by atoms with Gasteiger partial charge < -0.3 is 10.1 Å². The maximum absolute atomic E-state index is 6.17. The molecule has 0 aromatic carbocycles. The Morgan fingerprint density at radius 2 is 2.05 bits per heavy atom. The van der Waals surface area contributed by atoms with Crippen LogP contribution < -0.4 is 5.32 Å². The number of rotatable bonds is 8. The van der Waals surface area contributed by atoms with Gasteiger partial charge in [0.1, 0.15) is 0 Å². The highest BCUT2D eigenvalue weighted by molar-refractivity contribution is 5.10. The number of nitrogens with one attached hydrogen (secondary N) is 1. The summed E-state index contributed by atoms with van der Waals surface area (Å²) in [6.07, 6.45) is 5.06. The van der Waals surface area contributed by atoms with Crippen LogP contribution in [0.15, 0.2) is 6.07 Å². The van der Waals surface area contributed by atoms with E-state index in [0.29, 0.717) is 18.1 Å². The summed E-state index contributed by atoms with van der Waals surface area (Å²) in [5.74, 6) is 0.700. The third kappa shape index (κ3) is 4.82. The van der Waals surface area contributed by atoms with Crippen molar-refractivity contribution in [2.75, 3.05) is 13.1 Å². The van der Waals surface area contributed by atoms with Gasteiger partial charge in [0, 0.05) is 12.2 Å². The molecule has 2 unspecified atom stereocenters. The minimum absolute atomic E-state index is 0.325. The van der Waals surface area contributed by atoms with Crippen molar-refractivity contribution < 1.29 is 4.74 Å². The highest BCUT2D eigenvalue weighted by Crippen LogP contribution is 2.21. The van der Waals surface area contributed by atoms with Crippen molar-refractivity contribution >= 4 is 0 Å². The van der Waals surface area contributed by atoms with Crippen LogP contribution in [0.1, 0.15) is 51.9 Å². The maximum atomic E-state index is 6.17. The van der Waals surface area contributed by atoms with E-state index in [9.17, 15) is 0 Å². The first kappa shape index (κ1) is 16.5. The molecule has 1 saturated heterocycles. The monoisotopic (exact) mass is 293 g/mol. The summed E-state index contributed by atoms with van der Waals surface area (Å²) in [5.41, 5.74) is 2.52. The molecule has 4 nitrogen and oxygen atoms in total. The maximum Gasteiger partial charge on any atom is 0.0776 e. The van der Waals surface area contributed by atoms with Crippen LogP contribution in [0.5, 0.6) is 0 Å². The lowest BCUT2D eigenvalue weighted by molar-refractivity contribution is 0.0335. The molecular formula is C17H31N3O. The number of ether oxygens (including phenoxy) is 1. The lowest BCUT2D eigenvalue weighted by Gasteiger charge is -2.16. The fourth-order valence-corrected chi connectivity index (χ4v) is 2.92. The normalized spacial score (nSPS) is 22.3. The lowest BCUT2D eigenvalue weighted by Crippen LogP contribution is -2.30. The summed E-state index contributed by atoms with van der Waals surface area (Å²) in [7, 11) is 0. The summed E-state index contributed by atoms with van der Waals surface area (Å²) in [4.78, 5) is 0. The van der Waals surface area contributed by atoms with Crippen molar-refractivity contribution in [3.05, 3.63) is 17.5 Å². The van der Waals surface area contributed by atoms with Crippen molar-refractivity contribution in [1.82, 2.24) is 15.1 Å². The van der Waals surface area contributed by atoms with Gasteiger partial charge >= 0.3 is 0 Å². The molecule has 0 radical (unpaired) electrons. The molecule has 0 bridgehead atoms. The number of aromatic nitrogens is 2. The molecule has 4 heteroatoms. The van der Waals surface area contributed by atoms with Crippen LogP contribution in [-0.4, -0.2) is 35.1 Å². The molecule has 1 aromatic rings. The number of hydrogen-bond donors (Lipinski definition) is 1. The van der Waals surface area contributed by atoms with Gasteiger partial charge in [0.05, 0.1) is 24.4 Å². The average Bonchev–Trinajstić information content (AvgIpc) is 3.05. The second-order valence-corrected chi connectivity index (χ2v) is 6.53. The van der Waals surface area contributed by atoms with E-state index < -0.39 is 0 Å². The molecule has 2 heterocycles. The van der Waals surface area contributed by atoms with Gasteiger partial charge in [0.15, 0.2) is 0 Å². The topological polar surface area (TPSA) is 39.1 Å². The zero-order valence-electron chi connectivity index (χ0n) is 14.1. The van der Waals surface area contributed by atoms with Crippen molar-refractivity contribution in [3.63, 3.8) is 0 Å². The van der Waals surface area contributed by atoms with Gasteiger partial charge in [-0.2, -0.15) is 5.10 Å². The molecule has 0 amide bonds. The van der Waals surface area contributed by atoms with Gasteiger partial charge in [-0.05, 0) is 44.2 Å². The molecule has 2 rings (SSSR count). The molecule has 2 atom stereocenters. The Balaban J connectivity index is 1.81. The molecule has 21 heavy (non-hydrogen) atoms. The molecule has 1 fully saturated rings. The average molecular weight is 293 g/mol. The minimum atomic E-state index is 0.325. The van der Waals surface area contributed by atoms with Crippen LogP contribution in [0, 0.1) is 5.92 Å². The van der Waals surface area contributed by atoms with Crippen LogP contribution in [0.4, 0.5) is 0 Å². The van der Waals surface area contributed by atoms with Gasteiger partial charge in [0.25, 0.3) is 0 Å². The molecule has 120 valence electrons. The van der Waals surface area contributed by atoms with Gasteiger partial charge in [0.2, 0.25) is 0 Å². The number of nitrogens with zero attached hydrogens (tertiary/aromatic N) is 2. The Morgan fingerprint density at radius 3 is 2.71 bits per heavy atom. The van der Waals surface area contributed by atoms with Crippen LogP contribution in [0.25, 0.3) is 0 Å². The number of hydrogen-bond acceptors (Lipinski definition) is 3. The third-order valence-electron chi connectivity index (χ3n) is 4.14. The standard InChI is InChI=1S/C17H31N3O/c1-5-14-9-15(6-2)20(19-14)12-17-8-7-16(21-17)11-18-10-13(3)4/h9,13,16-18H,5-8,10-12H2,1-4H3. The minimum Gasteiger partial charge on any atom is -0.372 e. The Bertz CT molecular complexity index is 428. The fraction of sp³-hybridized carbons (Fsp3) is 0.824.